The molecule has 20 heavy (non-hydrogen) atoms. The Kier molecular flexibility index (Phi) is 5.89. The number of hydrogen-bond donors (Lipinski definition) is 2. The van der Waals surface area contributed by atoms with Crippen LogP contribution in [0.25, 0.3) is 0 Å². The largest absolute Gasteiger partial charge is 0.508 e. The fourth-order valence-electron chi connectivity index (χ4n) is 2.92. The molecule has 1 aromatic carbocycles. The molecule has 1 aromatic rings. The van der Waals surface area contributed by atoms with E-state index in [1.54, 1.807) is 18.2 Å². The molecule has 3 nitrogen and oxygen atoms in total. The summed E-state index contributed by atoms with van der Waals surface area (Å²) in [5.41, 5.74) is 0.850. The highest BCUT2D eigenvalue weighted by atomic mass is 79.9. The van der Waals surface area contributed by atoms with E-state index in [1.165, 1.54) is 25.7 Å². The van der Waals surface area contributed by atoms with Gasteiger partial charge in [-0.25, -0.2) is 0 Å². The zero-order valence-electron chi connectivity index (χ0n) is 11.6. The number of phenolic OH excluding ortho intramolecular Hbond substituents is 1. The second kappa shape index (κ2) is 7.67. The summed E-state index contributed by atoms with van der Waals surface area (Å²) >= 11 is 3.58. The average molecular weight is 340 g/mol. The normalized spacial score (nSPS) is 22.4. The lowest BCUT2D eigenvalue weighted by Crippen LogP contribution is -2.35. The van der Waals surface area contributed by atoms with Crippen molar-refractivity contribution in [1.82, 2.24) is 5.32 Å². The van der Waals surface area contributed by atoms with E-state index in [1.807, 2.05) is 6.07 Å². The molecule has 0 radical (unpaired) electrons. The molecule has 2 atom stereocenters. The van der Waals surface area contributed by atoms with Crippen LogP contribution in [-0.2, 0) is 11.2 Å². The monoisotopic (exact) mass is 339 g/mol. The summed E-state index contributed by atoms with van der Waals surface area (Å²) in [7, 11) is 0. The second-order valence-corrected chi connectivity index (χ2v) is 6.26. The molecule has 0 saturated heterocycles. The van der Waals surface area contributed by atoms with Crippen LogP contribution in [0.3, 0.4) is 0 Å². The molecule has 110 valence electrons. The van der Waals surface area contributed by atoms with Gasteiger partial charge in [0.05, 0.1) is 6.42 Å². The number of carbonyl (C=O) groups excluding carboxylic acids is 1. The van der Waals surface area contributed by atoms with Crippen LogP contribution in [0.2, 0.25) is 0 Å². The predicted octanol–water partition coefficient (Wildman–Crippen LogP) is 3.25. The number of benzene rings is 1. The minimum absolute atomic E-state index is 0.0366. The predicted molar refractivity (Wildman–Crippen MR) is 84.1 cm³/mol. The van der Waals surface area contributed by atoms with Gasteiger partial charge >= 0.3 is 0 Å². The van der Waals surface area contributed by atoms with Gasteiger partial charge in [0.25, 0.3) is 0 Å². The van der Waals surface area contributed by atoms with Gasteiger partial charge in [0, 0.05) is 11.9 Å². The van der Waals surface area contributed by atoms with Gasteiger partial charge in [-0.3, -0.25) is 4.79 Å². The van der Waals surface area contributed by atoms with E-state index < -0.39 is 0 Å². The number of halogens is 1. The van der Waals surface area contributed by atoms with Crippen LogP contribution < -0.4 is 5.32 Å². The maximum absolute atomic E-state index is 12.0. The summed E-state index contributed by atoms with van der Waals surface area (Å²) in [5, 5.41) is 13.5. The number of rotatable bonds is 5. The molecule has 0 aromatic heterocycles. The van der Waals surface area contributed by atoms with Crippen LogP contribution in [0.5, 0.6) is 5.75 Å². The van der Waals surface area contributed by atoms with E-state index in [0.29, 0.717) is 18.3 Å². The average Bonchev–Trinajstić information content (AvgIpc) is 2.45. The Bertz CT molecular complexity index is 450. The molecular weight excluding hydrogens is 318 g/mol. The first-order valence-electron chi connectivity index (χ1n) is 7.29. The molecule has 0 aliphatic heterocycles. The van der Waals surface area contributed by atoms with E-state index in [0.717, 1.165) is 17.4 Å². The Hall–Kier alpha value is -1.03. The first kappa shape index (κ1) is 15.4. The van der Waals surface area contributed by atoms with Gasteiger partial charge in [0.1, 0.15) is 5.75 Å². The summed E-state index contributed by atoms with van der Waals surface area (Å²) in [6.45, 7) is 0.772. The van der Waals surface area contributed by atoms with E-state index in [2.05, 4.69) is 21.2 Å². The van der Waals surface area contributed by atoms with Gasteiger partial charge in [-0.2, -0.15) is 0 Å². The summed E-state index contributed by atoms with van der Waals surface area (Å²) in [5.74, 6) is 1.53. The number of nitrogens with one attached hydrogen (secondary N) is 1. The van der Waals surface area contributed by atoms with E-state index >= 15 is 0 Å². The van der Waals surface area contributed by atoms with Gasteiger partial charge in [-0.1, -0.05) is 40.9 Å². The number of carbonyl (C=O) groups is 1. The third kappa shape index (κ3) is 4.51. The van der Waals surface area contributed by atoms with Crippen LogP contribution in [0.15, 0.2) is 24.3 Å². The number of amides is 1. The number of phenols is 1. The van der Waals surface area contributed by atoms with Crippen molar-refractivity contribution in [3.63, 3.8) is 0 Å². The highest BCUT2D eigenvalue weighted by Gasteiger charge is 2.24. The Labute approximate surface area is 128 Å². The molecule has 4 heteroatoms. The summed E-state index contributed by atoms with van der Waals surface area (Å²) < 4.78 is 0. The van der Waals surface area contributed by atoms with Crippen molar-refractivity contribution in [2.75, 3.05) is 11.9 Å². The fourth-order valence-corrected chi connectivity index (χ4v) is 3.77. The molecular formula is C16H22BrNO2. The quantitative estimate of drug-likeness (QED) is 0.809. The van der Waals surface area contributed by atoms with Crippen molar-refractivity contribution >= 4 is 21.8 Å². The van der Waals surface area contributed by atoms with Crippen molar-refractivity contribution in [1.29, 1.82) is 0 Å². The van der Waals surface area contributed by atoms with Gasteiger partial charge in [0.2, 0.25) is 5.91 Å². The topological polar surface area (TPSA) is 49.3 Å². The maximum atomic E-state index is 12.0. The molecule has 0 heterocycles. The molecule has 2 N–H and O–H groups in total. The molecule has 2 unspecified atom stereocenters. The van der Waals surface area contributed by atoms with Crippen LogP contribution in [-0.4, -0.2) is 22.9 Å². The molecule has 1 aliphatic rings. The third-order valence-electron chi connectivity index (χ3n) is 4.10. The fraction of sp³-hybridized carbons (Fsp3) is 0.562. The zero-order valence-corrected chi connectivity index (χ0v) is 13.2. The second-order valence-electron chi connectivity index (χ2n) is 5.61. The molecule has 1 amide bonds. The van der Waals surface area contributed by atoms with Crippen LogP contribution in [0.1, 0.15) is 31.2 Å². The Morgan fingerprint density at radius 1 is 1.30 bits per heavy atom. The first-order chi connectivity index (χ1) is 9.69. The summed E-state index contributed by atoms with van der Waals surface area (Å²) in [6.07, 6.45) is 5.39. The van der Waals surface area contributed by atoms with E-state index in [-0.39, 0.29) is 11.7 Å². The molecule has 1 saturated carbocycles. The van der Waals surface area contributed by atoms with Gasteiger partial charge in [0.15, 0.2) is 0 Å². The summed E-state index contributed by atoms with van der Waals surface area (Å²) in [4.78, 5) is 12.0. The van der Waals surface area contributed by atoms with E-state index in [4.69, 9.17) is 0 Å². The van der Waals surface area contributed by atoms with Crippen molar-refractivity contribution in [2.45, 2.75) is 32.1 Å². The molecule has 0 spiro atoms. The number of hydrogen-bond acceptors (Lipinski definition) is 2. The number of aromatic hydroxyl groups is 1. The maximum Gasteiger partial charge on any atom is 0.224 e. The highest BCUT2D eigenvalue weighted by molar-refractivity contribution is 9.09. The zero-order chi connectivity index (χ0) is 14.4. The first-order valence-corrected chi connectivity index (χ1v) is 8.41. The Morgan fingerprint density at radius 2 is 2.05 bits per heavy atom. The third-order valence-corrected chi connectivity index (χ3v) is 4.93. The molecule has 1 fully saturated rings. The van der Waals surface area contributed by atoms with E-state index in [9.17, 15) is 9.90 Å². The smallest absolute Gasteiger partial charge is 0.224 e. The minimum Gasteiger partial charge on any atom is -0.508 e. The van der Waals surface area contributed by atoms with Crippen molar-refractivity contribution in [3.8, 4) is 5.75 Å². The molecule has 2 rings (SSSR count). The lowest BCUT2D eigenvalue weighted by atomic mass is 9.80. The molecule has 0 bridgehead atoms. The van der Waals surface area contributed by atoms with Gasteiger partial charge in [-0.05, 0) is 42.4 Å². The van der Waals surface area contributed by atoms with Crippen LogP contribution in [0, 0.1) is 11.8 Å². The van der Waals surface area contributed by atoms with Gasteiger partial charge < -0.3 is 10.4 Å². The highest BCUT2D eigenvalue weighted by Crippen LogP contribution is 2.30. The SMILES string of the molecule is O=C(Cc1cccc(O)c1)NCC1CCCCC1CBr. The van der Waals surface area contributed by atoms with Gasteiger partial charge in [-0.15, -0.1) is 0 Å². The molecule has 1 aliphatic carbocycles. The standard InChI is InChI=1S/C16H22BrNO2/c17-10-13-5-1-2-6-14(13)11-18-16(20)9-12-4-3-7-15(19)8-12/h3-4,7-8,13-14,19H,1-2,5-6,9-11H2,(H,18,20). The van der Waals surface area contributed by atoms with Crippen molar-refractivity contribution in [2.24, 2.45) is 11.8 Å². The van der Waals surface area contributed by atoms with Crippen LogP contribution in [0.4, 0.5) is 0 Å². The lowest BCUT2D eigenvalue weighted by molar-refractivity contribution is -0.120. The number of alkyl halides is 1. The minimum atomic E-state index is 0.0366. The lowest BCUT2D eigenvalue weighted by Gasteiger charge is -2.30. The summed E-state index contributed by atoms with van der Waals surface area (Å²) in [6, 6.07) is 6.88. The van der Waals surface area contributed by atoms with Crippen LogP contribution >= 0.6 is 15.9 Å². The van der Waals surface area contributed by atoms with Crippen molar-refractivity contribution < 1.29 is 9.90 Å². The Balaban J connectivity index is 1.79. The Morgan fingerprint density at radius 3 is 2.75 bits per heavy atom. The van der Waals surface area contributed by atoms with Crippen molar-refractivity contribution in [3.05, 3.63) is 29.8 Å².